The van der Waals surface area contributed by atoms with Gasteiger partial charge in [0.05, 0.1) is 25.5 Å². The second kappa shape index (κ2) is 8.72. The minimum absolute atomic E-state index is 0.0517. The van der Waals surface area contributed by atoms with E-state index < -0.39 is 0 Å². The Bertz CT molecular complexity index is 710. The van der Waals surface area contributed by atoms with E-state index in [4.69, 9.17) is 9.72 Å². The molecule has 1 N–H and O–H groups in total. The van der Waals surface area contributed by atoms with Gasteiger partial charge in [0.1, 0.15) is 10.8 Å². The lowest BCUT2D eigenvalue weighted by Crippen LogP contribution is -2.45. The van der Waals surface area contributed by atoms with Crippen molar-refractivity contribution in [1.29, 1.82) is 0 Å². The van der Waals surface area contributed by atoms with Gasteiger partial charge in [-0.05, 0) is 63.6 Å². The maximum Gasteiger partial charge on any atom is 0.119 e. The van der Waals surface area contributed by atoms with Gasteiger partial charge in [-0.1, -0.05) is 18.2 Å². The quantitative estimate of drug-likeness (QED) is 0.779. The van der Waals surface area contributed by atoms with Gasteiger partial charge in [0, 0.05) is 16.8 Å². The fraction of sp³-hybridized carbons (Fsp3) is 0.591. The molecule has 0 bridgehead atoms. The van der Waals surface area contributed by atoms with Gasteiger partial charge in [0.2, 0.25) is 0 Å². The van der Waals surface area contributed by atoms with Crippen LogP contribution in [0, 0.1) is 5.41 Å². The number of aliphatic hydroxyl groups is 1. The van der Waals surface area contributed by atoms with E-state index in [1.165, 1.54) is 34.8 Å². The van der Waals surface area contributed by atoms with Crippen molar-refractivity contribution in [1.82, 2.24) is 9.88 Å². The molecule has 2 heterocycles. The summed E-state index contributed by atoms with van der Waals surface area (Å²) < 4.78 is 5.90. The molecule has 1 aromatic carbocycles. The van der Waals surface area contributed by atoms with Crippen molar-refractivity contribution in [3.8, 4) is 5.75 Å². The van der Waals surface area contributed by atoms with Crippen LogP contribution in [0.15, 0.2) is 30.3 Å². The van der Waals surface area contributed by atoms with E-state index in [9.17, 15) is 5.11 Å². The van der Waals surface area contributed by atoms with E-state index in [-0.39, 0.29) is 12.0 Å². The Balaban J connectivity index is 1.34. The van der Waals surface area contributed by atoms with Crippen molar-refractivity contribution in [2.45, 2.75) is 51.5 Å². The average molecular weight is 387 g/mol. The van der Waals surface area contributed by atoms with E-state index in [1.54, 1.807) is 0 Å². The van der Waals surface area contributed by atoms with Crippen LogP contribution in [0.4, 0.5) is 0 Å². The van der Waals surface area contributed by atoms with Crippen molar-refractivity contribution >= 4 is 11.3 Å². The third-order valence-electron chi connectivity index (χ3n) is 5.97. The highest BCUT2D eigenvalue weighted by Crippen LogP contribution is 2.35. The van der Waals surface area contributed by atoms with E-state index in [1.807, 2.05) is 41.7 Å². The number of aryl methyl sites for hydroxylation is 2. The molecule has 1 aliphatic heterocycles. The lowest BCUT2D eigenvalue weighted by molar-refractivity contribution is 0.0128. The number of nitrogens with zero attached hydrogens (tertiary/aromatic N) is 2. The number of piperidine rings is 1. The zero-order valence-electron chi connectivity index (χ0n) is 16.0. The third-order valence-corrected chi connectivity index (χ3v) is 7.11. The maximum atomic E-state index is 10.2. The first-order valence-corrected chi connectivity index (χ1v) is 11.1. The van der Waals surface area contributed by atoms with Crippen molar-refractivity contribution in [2.24, 2.45) is 5.41 Å². The molecular formula is C22H30N2O2S. The second-order valence-corrected chi connectivity index (χ2v) is 9.24. The van der Waals surface area contributed by atoms with E-state index in [0.29, 0.717) is 6.61 Å². The SMILES string of the molecule is OC[C@]1(CCOc2ccccc2)CCCN(Cc2nc3c(s2)CCCC3)C1. The molecule has 1 atom stereocenters. The monoisotopic (exact) mass is 386 g/mol. The standard InChI is InChI=1S/C22H30N2O2S/c25-17-22(12-14-26-18-7-2-1-3-8-18)11-6-13-24(16-22)15-21-23-19-9-4-5-10-20(19)27-21/h1-3,7-8,25H,4-6,9-17H2/t22-/m0/s1. The lowest BCUT2D eigenvalue weighted by atomic mass is 9.78. The van der Waals surface area contributed by atoms with Crippen LogP contribution in [-0.2, 0) is 19.4 Å². The molecule has 27 heavy (non-hydrogen) atoms. The van der Waals surface area contributed by atoms with Crippen LogP contribution in [0.1, 0.15) is 47.7 Å². The van der Waals surface area contributed by atoms with Crippen molar-refractivity contribution in [3.05, 3.63) is 45.9 Å². The van der Waals surface area contributed by atoms with Gasteiger partial charge in [-0.25, -0.2) is 4.98 Å². The molecule has 0 unspecified atom stereocenters. The summed E-state index contributed by atoms with van der Waals surface area (Å²) in [5, 5.41) is 11.4. The van der Waals surface area contributed by atoms with Gasteiger partial charge in [0.25, 0.3) is 0 Å². The summed E-state index contributed by atoms with van der Waals surface area (Å²) in [5.41, 5.74) is 1.30. The molecule has 1 aromatic heterocycles. The van der Waals surface area contributed by atoms with Crippen LogP contribution in [0.5, 0.6) is 5.75 Å². The fourth-order valence-corrected chi connectivity index (χ4v) is 5.62. The normalized spacial score (nSPS) is 23.1. The molecule has 0 amide bonds. The number of benzene rings is 1. The number of aromatic nitrogens is 1. The fourth-order valence-electron chi connectivity index (χ4n) is 4.42. The summed E-state index contributed by atoms with van der Waals surface area (Å²) in [6.45, 7) is 3.86. The number of aliphatic hydroxyl groups excluding tert-OH is 1. The molecule has 2 aliphatic rings. The number of hydrogen-bond acceptors (Lipinski definition) is 5. The van der Waals surface area contributed by atoms with E-state index in [2.05, 4.69) is 4.90 Å². The van der Waals surface area contributed by atoms with Crippen LogP contribution in [-0.4, -0.2) is 41.3 Å². The number of para-hydroxylation sites is 1. The Labute approximate surface area is 166 Å². The molecule has 146 valence electrons. The van der Waals surface area contributed by atoms with E-state index >= 15 is 0 Å². The summed E-state index contributed by atoms with van der Waals surface area (Å²) in [5.74, 6) is 0.909. The molecule has 0 radical (unpaired) electrons. The number of fused-ring (bicyclic) bond motifs is 1. The summed E-state index contributed by atoms with van der Waals surface area (Å²) in [7, 11) is 0. The number of hydrogen-bond donors (Lipinski definition) is 1. The first-order chi connectivity index (χ1) is 13.3. The van der Waals surface area contributed by atoms with Crippen molar-refractivity contribution in [2.75, 3.05) is 26.3 Å². The van der Waals surface area contributed by atoms with Crippen LogP contribution < -0.4 is 4.74 Å². The molecule has 4 nitrogen and oxygen atoms in total. The molecule has 1 aliphatic carbocycles. The average Bonchev–Trinajstić information content (AvgIpc) is 3.11. The van der Waals surface area contributed by atoms with Crippen LogP contribution in [0.25, 0.3) is 0 Å². The highest BCUT2D eigenvalue weighted by Gasteiger charge is 2.35. The third kappa shape index (κ3) is 4.71. The molecule has 2 aromatic rings. The predicted molar refractivity (Wildman–Crippen MR) is 109 cm³/mol. The lowest BCUT2D eigenvalue weighted by Gasteiger charge is -2.41. The Morgan fingerprint density at radius 3 is 2.81 bits per heavy atom. The summed E-state index contributed by atoms with van der Waals surface area (Å²) >= 11 is 1.91. The Hall–Kier alpha value is -1.43. The van der Waals surface area contributed by atoms with Gasteiger partial charge in [-0.2, -0.15) is 0 Å². The number of ether oxygens (including phenoxy) is 1. The largest absolute Gasteiger partial charge is 0.494 e. The Morgan fingerprint density at radius 2 is 2.00 bits per heavy atom. The number of thiazole rings is 1. The van der Waals surface area contributed by atoms with Gasteiger partial charge in [0.15, 0.2) is 0 Å². The molecule has 4 rings (SSSR count). The first-order valence-electron chi connectivity index (χ1n) is 10.2. The maximum absolute atomic E-state index is 10.2. The van der Waals surface area contributed by atoms with Crippen molar-refractivity contribution < 1.29 is 9.84 Å². The highest BCUT2D eigenvalue weighted by atomic mass is 32.1. The Kier molecular flexibility index (Phi) is 6.11. The minimum atomic E-state index is -0.0517. The number of rotatable bonds is 7. The van der Waals surface area contributed by atoms with Gasteiger partial charge >= 0.3 is 0 Å². The second-order valence-electron chi connectivity index (χ2n) is 8.07. The zero-order chi connectivity index (χ0) is 18.5. The van der Waals surface area contributed by atoms with Crippen LogP contribution >= 0.6 is 11.3 Å². The predicted octanol–water partition coefficient (Wildman–Crippen LogP) is 4.07. The molecule has 1 saturated heterocycles. The van der Waals surface area contributed by atoms with E-state index in [0.717, 1.165) is 51.1 Å². The van der Waals surface area contributed by atoms with Gasteiger partial charge in [-0.15, -0.1) is 11.3 Å². The molecule has 5 heteroatoms. The minimum Gasteiger partial charge on any atom is -0.494 e. The zero-order valence-corrected chi connectivity index (χ0v) is 16.8. The topological polar surface area (TPSA) is 45.6 Å². The molecule has 1 fully saturated rings. The first kappa shape index (κ1) is 18.9. The highest BCUT2D eigenvalue weighted by molar-refractivity contribution is 7.11. The van der Waals surface area contributed by atoms with Gasteiger partial charge in [-0.3, -0.25) is 4.90 Å². The smallest absolute Gasteiger partial charge is 0.119 e. The molecule has 0 spiro atoms. The summed E-state index contributed by atoms with van der Waals surface area (Å²) in [6, 6.07) is 9.96. The van der Waals surface area contributed by atoms with Gasteiger partial charge < -0.3 is 9.84 Å². The molecular weight excluding hydrogens is 356 g/mol. The molecule has 0 saturated carbocycles. The van der Waals surface area contributed by atoms with Crippen LogP contribution in [0.2, 0.25) is 0 Å². The Morgan fingerprint density at radius 1 is 1.15 bits per heavy atom. The summed E-state index contributed by atoms with van der Waals surface area (Å²) in [4.78, 5) is 8.91. The van der Waals surface area contributed by atoms with Crippen molar-refractivity contribution in [3.63, 3.8) is 0 Å². The van der Waals surface area contributed by atoms with Crippen LogP contribution in [0.3, 0.4) is 0 Å². The summed E-state index contributed by atoms with van der Waals surface area (Å²) in [6.07, 6.45) is 8.07. The number of likely N-dealkylation sites (tertiary alicyclic amines) is 1.